The molecular formula is C47H40Cl2F4N6O4. The number of hydrazone groups is 2. The highest BCUT2D eigenvalue weighted by atomic mass is 35.5. The summed E-state index contributed by atoms with van der Waals surface area (Å²) in [6.07, 6.45) is 8.21. The van der Waals surface area contributed by atoms with Crippen molar-refractivity contribution in [2.75, 3.05) is 13.2 Å². The molecule has 2 atom stereocenters. The van der Waals surface area contributed by atoms with Gasteiger partial charge in [0.2, 0.25) is 11.8 Å². The van der Waals surface area contributed by atoms with Gasteiger partial charge in [-0.2, -0.15) is 20.7 Å². The van der Waals surface area contributed by atoms with Crippen LogP contribution in [0.1, 0.15) is 91.3 Å². The number of carbonyl (C=O) groups is 2. The minimum atomic E-state index is -0.669. The van der Waals surface area contributed by atoms with E-state index >= 15 is 0 Å². The summed E-state index contributed by atoms with van der Waals surface area (Å²) in [5, 5.41) is 38.8. The number of hydrogen-bond acceptors (Lipinski definition) is 8. The van der Waals surface area contributed by atoms with E-state index in [1.54, 1.807) is 42.8 Å². The van der Waals surface area contributed by atoms with Gasteiger partial charge in [-0.3, -0.25) is 9.59 Å². The number of benzene rings is 4. The topological polar surface area (TPSA) is 142 Å². The Morgan fingerprint density at radius 1 is 0.698 bits per heavy atom. The Morgan fingerprint density at radius 2 is 1.13 bits per heavy atom. The molecule has 6 saturated carbocycles. The van der Waals surface area contributed by atoms with Crippen molar-refractivity contribution in [2.24, 2.45) is 31.9 Å². The van der Waals surface area contributed by atoms with Crippen LogP contribution in [0.2, 0.25) is 10.0 Å². The predicted molar refractivity (Wildman–Crippen MR) is 225 cm³/mol. The van der Waals surface area contributed by atoms with Gasteiger partial charge in [0.25, 0.3) is 0 Å². The van der Waals surface area contributed by atoms with Crippen LogP contribution in [0.3, 0.4) is 0 Å². The summed E-state index contributed by atoms with van der Waals surface area (Å²) in [7, 11) is 0. The quantitative estimate of drug-likeness (QED) is 0.175. The van der Waals surface area contributed by atoms with Crippen molar-refractivity contribution in [1.29, 1.82) is 10.5 Å². The van der Waals surface area contributed by atoms with Gasteiger partial charge in [-0.05, 0) is 122 Å². The largest absolute Gasteiger partial charge is 0.491 e. The van der Waals surface area contributed by atoms with Gasteiger partial charge in [0, 0.05) is 54.4 Å². The smallest absolute Gasteiger partial charge is 0.249 e. The molecule has 0 saturated heterocycles. The average molecular weight is 900 g/mol. The molecule has 0 aromatic heterocycles. The first-order valence-corrected chi connectivity index (χ1v) is 21.0. The lowest BCUT2D eigenvalue weighted by Crippen LogP contribution is -2.69. The van der Waals surface area contributed by atoms with E-state index in [2.05, 4.69) is 10.2 Å². The fraction of sp³-hybridized carbons (Fsp3) is 0.362. The minimum Gasteiger partial charge on any atom is -0.491 e. The molecule has 1 N–H and O–H groups in total. The monoisotopic (exact) mass is 898 g/mol. The van der Waals surface area contributed by atoms with Gasteiger partial charge in [0.1, 0.15) is 29.0 Å². The molecular weight excluding hydrogens is 859 g/mol. The van der Waals surface area contributed by atoms with E-state index in [4.69, 9.17) is 38.5 Å². The number of nitriles is 2. The van der Waals surface area contributed by atoms with Gasteiger partial charge < -0.3 is 9.84 Å². The van der Waals surface area contributed by atoms with E-state index in [9.17, 15) is 32.3 Å². The fourth-order valence-corrected chi connectivity index (χ4v) is 10.6. The first kappa shape index (κ1) is 43.8. The molecule has 6 aliphatic carbocycles. The van der Waals surface area contributed by atoms with Gasteiger partial charge in [-0.15, -0.1) is 0 Å². The van der Waals surface area contributed by atoms with Crippen LogP contribution in [-0.4, -0.2) is 52.6 Å². The highest BCUT2D eigenvalue weighted by Crippen LogP contribution is 2.75. The van der Waals surface area contributed by atoms with Crippen molar-refractivity contribution < 1.29 is 37.0 Å². The fourth-order valence-electron chi connectivity index (χ4n) is 10.1. The number of rotatable bonds is 8. The van der Waals surface area contributed by atoms with E-state index in [-0.39, 0.29) is 29.3 Å². The molecule has 2 heterocycles. The van der Waals surface area contributed by atoms with E-state index in [0.29, 0.717) is 96.0 Å². The average Bonchev–Trinajstić information content (AvgIpc) is 3.89. The molecule has 324 valence electrons. The Bertz CT molecular complexity index is 2580. The molecule has 2 amide bonds. The third-order valence-corrected chi connectivity index (χ3v) is 13.7. The normalized spacial score (nSPS) is 27.5. The third kappa shape index (κ3) is 8.28. The second kappa shape index (κ2) is 16.7. The van der Waals surface area contributed by atoms with Crippen LogP contribution in [0.5, 0.6) is 5.75 Å². The van der Waals surface area contributed by atoms with E-state index in [1.807, 2.05) is 25.1 Å². The van der Waals surface area contributed by atoms with Crippen LogP contribution < -0.4 is 4.74 Å². The summed E-state index contributed by atoms with van der Waals surface area (Å²) < 4.78 is 60.0. The Hall–Kier alpha value is -5.80. The zero-order valence-electron chi connectivity index (χ0n) is 33.9. The molecule has 16 heteroatoms. The molecule has 12 rings (SSSR count). The number of carbonyl (C=O) groups excluding carboxylic acids is 2. The Kier molecular flexibility index (Phi) is 11.6. The minimum absolute atomic E-state index is 0.0699. The third-order valence-electron chi connectivity index (χ3n) is 13.0. The van der Waals surface area contributed by atoms with Crippen LogP contribution in [0, 0.1) is 74.5 Å². The van der Waals surface area contributed by atoms with Gasteiger partial charge in [0.15, 0.2) is 0 Å². The summed E-state index contributed by atoms with van der Waals surface area (Å²) in [6, 6.07) is 19.9. The van der Waals surface area contributed by atoms with Crippen molar-refractivity contribution in [1.82, 2.24) is 10.0 Å². The molecule has 0 radical (unpaired) electrons. The van der Waals surface area contributed by atoms with Crippen LogP contribution in [-0.2, 0) is 9.59 Å². The van der Waals surface area contributed by atoms with E-state index in [1.165, 1.54) is 34.3 Å². The first-order chi connectivity index (χ1) is 30.0. The number of halogens is 6. The Morgan fingerprint density at radius 3 is 1.54 bits per heavy atom. The predicted octanol–water partition coefficient (Wildman–Crippen LogP) is 9.91. The van der Waals surface area contributed by atoms with Crippen LogP contribution >= 0.6 is 23.2 Å². The molecule has 6 fully saturated rings. The zero-order chi connectivity index (χ0) is 44.9. The molecule has 63 heavy (non-hydrogen) atoms. The maximum absolute atomic E-state index is 13.7. The van der Waals surface area contributed by atoms with Crippen molar-refractivity contribution in [3.8, 4) is 17.9 Å². The highest BCUT2D eigenvalue weighted by Gasteiger charge is 2.73. The van der Waals surface area contributed by atoms with Crippen molar-refractivity contribution >= 4 is 47.4 Å². The van der Waals surface area contributed by atoms with Crippen LogP contribution in [0.25, 0.3) is 0 Å². The lowest BCUT2D eigenvalue weighted by molar-refractivity contribution is -0.229. The molecule has 8 aliphatic rings. The van der Waals surface area contributed by atoms with Crippen molar-refractivity contribution in [3.05, 3.63) is 134 Å². The summed E-state index contributed by atoms with van der Waals surface area (Å²) in [5.41, 5.74) is 1.85. The zero-order valence-corrected chi connectivity index (χ0v) is 35.4. The molecule has 4 aromatic carbocycles. The maximum atomic E-state index is 13.7. The van der Waals surface area contributed by atoms with Gasteiger partial charge in [-0.1, -0.05) is 29.3 Å². The summed E-state index contributed by atoms with van der Waals surface area (Å²) in [5.74, 6) is -2.32. The van der Waals surface area contributed by atoms with E-state index < -0.39 is 46.2 Å². The number of aryl methyl sites for hydroxylation is 1. The molecule has 4 aromatic rings. The van der Waals surface area contributed by atoms with Crippen LogP contribution in [0.15, 0.2) is 83.0 Å². The maximum Gasteiger partial charge on any atom is 0.249 e. The second-order valence-corrected chi connectivity index (χ2v) is 18.5. The lowest BCUT2D eigenvalue weighted by Gasteiger charge is -2.69. The van der Waals surface area contributed by atoms with Gasteiger partial charge in [-0.25, -0.2) is 27.6 Å². The number of aliphatic hydroxyl groups excluding tert-OH is 1. The SMILES string of the molecule is Cc1ccc(C#N)cc1Cl.N#Cc1ccc(OCC23CC(C(=O)N4N=CCC4c4cc(F)cc(F)c4)(C2)C3)c(Cl)c1.O=C(N1N=CCC1c1cc(F)cc(F)c1)C12CC(CO)(C1)C2. The highest BCUT2D eigenvalue weighted by molar-refractivity contribution is 6.32. The number of hydrogen-bond donors (Lipinski definition) is 1. The number of amides is 2. The standard InChI is InChI=1S/C23H18ClF2N3O2.C16H16F2N2O2.C8H6ClN/c24-18-5-14(9-27)1-2-20(18)31-13-22-10-23(11-22,12-22)21(30)29-19(3-4-28-29)15-6-16(25)8-17(26)7-15;17-11-3-10(4-12(18)5-11)13-1-2-19-20(13)14(22)16-6-15(7-16,8-16)9-21;1-6-2-3-7(5-10)4-8(6)9/h1-2,4-8,19H,3,10-13H2;2-5,13,21H,1,6-9H2;2-4H,1H3. The molecule has 2 unspecified atom stereocenters. The second-order valence-electron chi connectivity index (χ2n) is 17.7. The summed E-state index contributed by atoms with van der Waals surface area (Å²) in [6.45, 7) is 2.46. The van der Waals surface area contributed by atoms with Gasteiger partial charge >= 0.3 is 0 Å². The molecule has 10 nitrogen and oxygen atoms in total. The number of nitrogens with zero attached hydrogens (tertiary/aromatic N) is 6. The molecule has 2 aliphatic heterocycles. The number of aliphatic hydroxyl groups is 1. The van der Waals surface area contributed by atoms with Crippen molar-refractivity contribution in [2.45, 2.75) is 70.4 Å². The molecule has 4 bridgehead atoms. The molecule has 0 spiro atoms. The summed E-state index contributed by atoms with van der Waals surface area (Å²) in [4.78, 5) is 26.0. The summed E-state index contributed by atoms with van der Waals surface area (Å²) >= 11 is 11.9. The first-order valence-electron chi connectivity index (χ1n) is 20.3. The van der Waals surface area contributed by atoms with Gasteiger partial charge in [0.05, 0.1) is 57.8 Å². The van der Waals surface area contributed by atoms with Crippen molar-refractivity contribution in [3.63, 3.8) is 0 Å². The Labute approximate surface area is 371 Å². The number of ether oxygens (including phenoxy) is 1. The van der Waals surface area contributed by atoms with Crippen LogP contribution in [0.4, 0.5) is 17.6 Å². The lowest BCUT2D eigenvalue weighted by atomic mass is 9.35. The Balaban J connectivity index is 0.000000147. The van der Waals surface area contributed by atoms with E-state index in [0.717, 1.165) is 17.7 Å².